The second kappa shape index (κ2) is 6.98. The topological polar surface area (TPSA) is 15.8 Å². The number of aryl methyl sites for hydroxylation is 2. The minimum Gasteiger partial charge on any atom is -0.354 e. The summed E-state index contributed by atoms with van der Waals surface area (Å²) < 4.78 is 0. The number of nitrogens with one attached hydrogen (secondary N) is 1. The number of aromatic nitrogens is 1. The molecule has 0 atom stereocenters. The predicted octanol–water partition coefficient (Wildman–Crippen LogP) is 5.99. The van der Waals surface area contributed by atoms with Crippen molar-refractivity contribution in [1.82, 2.24) is 4.98 Å². The molecule has 2 aromatic carbocycles. The number of benzene rings is 2. The van der Waals surface area contributed by atoms with Crippen LogP contribution < -0.4 is 0 Å². The molecule has 0 saturated carbocycles. The molecule has 1 aromatic heterocycles. The number of aromatic amines is 1. The smallest absolute Gasteiger partial charge is 0.0467 e. The van der Waals surface area contributed by atoms with Gasteiger partial charge in [-0.2, -0.15) is 0 Å². The zero-order valence-electron chi connectivity index (χ0n) is 13.0. The van der Waals surface area contributed by atoms with Crippen LogP contribution in [-0.2, 0) is 0 Å². The summed E-state index contributed by atoms with van der Waals surface area (Å²) in [7, 11) is 0. The van der Waals surface area contributed by atoms with Gasteiger partial charge in [0.15, 0.2) is 0 Å². The molecule has 0 saturated heterocycles. The number of H-pyrrole nitrogens is 1. The van der Waals surface area contributed by atoms with Crippen molar-refractivity contribution in [3.05, 3.63) is 47.5 Å². The standard InChI is InChI=1S/C14H13N.2C2H6/c1-9-3-5-11-12-6-4-10(2)8-14(12)15-13(11)7-9;2*1-2/h3-8,15H,1-2H3;2*1-2H3. The van der Waals surface area contributed by atoms with Gasteiger partial charge in [-0.3, -0.25) is 0 Å². The van der Waals surface area contributed by atoms with Gasteiger partial charge in [0.25, 0.3) is 0 Å². The molecule has 0 radical (unpaired) electrons. The first-order chi connectivity index (χ1) is 9.24. The maximum atomic E-state index is 3.46. The summed E-state index contributed by atoms with van der Waals surface area (Å²) in [6.45, 7) is 12.2. The molecule has 19 heavy (non-hydrogen) atoms. The quantitative estimate of drug-likeness (QED) is 0.508. The average Bonchev–Trinajstić information content (AvgIpc) is 2.79. The first-order valence-corrected chi connectivity index (χ1v) is 7.23. The molecular weight excluding hydrogens is 230 g/mol. The minimum absolute atomic E-state index is 1.23. The monoisotopic (exact) mass is 255 g/mol. The lowest BCUT2D eigenvalue weighted by molar-refractivity contribution is 1.45. The SMILES string of the molecule is CC.CC.Cc1ccc2c(c1)[nH]c1cc(C)ccc12. The third kappa shape index (κ3) is 3.17. The highest BCUT2D eigenvalue weighted by Gasteiger charge is 2.03. The van der Waals surface area contributed by atoms with Crippen LogP contribution in [0.3, 0.4) is 0 Å². The van der Waals surface area contributed by atoms with Crippen molar-refractivity contribution in [2.24, 2.45) is 0 Å². The Bertz CT molecular complexity index is 591. The lowest BCUT2D eigenvalue weighted by atomic mass is 10.1. The van der Waals surface area contributed by atoms with Crippen LogP contribution in [0, 0.1) is 13.8 Å². The Labute approximate surface area is 116 Å². The van der Waals surface area contributed by atoms with Gasteiger partial charge in [-0.15, -0.1) is 0 Å². The Morgan fingerprint density at radius 2 is 1.00 bits per heavy atom. The summed E-state index contributed by atoms with van der Waals surface area (Å²) in [5.74, 6) is 0. The van der Waals surface area contributed by atoms with Crippen molar-refractivity contribution >= 4 is 21.8 Å². The lowest BCUT2D eigenvalue weighted by Crippen LogP contribution is -1.71. The van der Waals surface area contributed by atoms with Gasteiger partial charge in [0.05, 0.1) is 0 Å². The Kier molecular flexibility index (Phi) is 5.62. The number of hydrogen-bond acceptors (Lipinski definition) is 0. The molecule has 3 rings (SSSR count). The molecule has 1 N–H and O–H groups in total. The van der Waals surface area contributed by atoms with Crippen LogP contribution in [0.5, 0.6) is 0 Å². The van der Waals surface area contributed by atoms with Crippen LogP contribution in [0.1, 0.15) is 38.8 Å². The summed E-state index contributed by atoms with van der Waals surface area (Å²) in [5.41, 5.74) is 5.06. The second-order valence-electron chi connectivity index (χ2n) is 4.22. The Balaban J connectivity index is 0.000000415. The highest BCUT2D eigenvalue weighted by molar-refractivity contribution is 6.07. The van der Waals surface area contributed by atoms with Gasteiger partial charge in [-0.25, -0.2) is 0 Å². The van der Waals surface area contributed by atoms with Crippen LogP contribution >= 0.6 is 0 Å². The van der Waals surface area contributed by atoms with E-state index in [2.05, 4.69) is 55.2 Å². The number of fused-ring (bicyclic) bond motifs is 3. The Hall–Kier alpha value is -1.76. The lowest BCUT2D eigenvalue weighted by Gasteiger charge is -1.93. The van der Waals surface area contributed by atoms with Crippen LogP contribution in [-0.4, -0.2) is 4.98 Å². The maximum absolute atomic E-state index is 3.46. The molecule has 0 aliphatic rings. The van der Waals surface area contributed by atoms with Gasteiger partial charge < -0.3 is 4.98 Å². The third-order valence-electron chi connectivity index (χ3n) is 2.91. The van der Waals surface area contributed by atoms with E-state index >= 15 is 0 Å². The van der Waals surface area contributed by atoms with Gasteiger partial charge in [0.1, 0.15) is 0 Å². The highest BCUT2D eigenvalue weighted by atomic mass is 14.7. The largest absolute Gasteiger partial charge is 0.354 e. The Morgan fingerprint density at radius 3 is 1.37 bits per heavy atom. The molecular formula is C18H25N. The van der Waals surface area contributed by atoms with Crippen LogP contribution in [0.15, 0.2) is 36.4 Å². The number of hydrogen-bond donors (Lipinski definition) is 1. The van der Waals surface area contributed by atoms with E-state index in [4.69, 9.17) is 0 Å². The van der Waals surface area contributed by atoms with Gasteiger partial charge >= 0.3 is 0 Å². The third-order valence-corrected chi connectivity index (χ3v) is 2.91. The molecule has 1 heterocycles. The van der Waals surface area contributed by atoms with Crippen LogP contribution in [0.25, 0.3) is 21.8 Å². The molecule has 3 aromatic rings. The molecule has 0 aliphatic heterocycles. The van der Waals surface area contributed by atoms with Crippen LogP contribution in [0.2, 0.25) is 0 Å². The first-order valence-electron chi connectivity index (χ1n) is 7.23. The molecule has 0 spiro atoms. The molecule has 0 amide bonds. The number of rotatable bonds is 0. The summed E-state index contributed by atoms with van der Waals surface area (Å²) >= 11 is 0. The predicted molar refractivity (Wildman–Crippen MR) is 88.0 cm³/mol. The van der Waals surface area contributed by atoms with E-state index in [0.29, 0.717) is 0 Å². The average molecular weight is 255 g/mol. The fraction of sp³-hybridized carbons (Fsp3) is 0.333. The summed E-state index contributed by atoms with van der Waals surface area (Å²) in [4.78, 5) is 3.46. The fourth-order valence-electron chi connectivity index (χ4n) is 2.14. The Morgan fingerprint density at radius 1 is 0.632 bits per heavy atom. The van der Waals surface area contributed by atoms with Crippen molar-refractivity contribution in [1.29, 1.82) is 0 Å². The highest BCUT2D eigenvalue weighted by Crippen LogP contribution is 2.26. The van der Waals surface area contributed by atoms with Crippen molar-refractivity contribution in [3.8, 4) is 0 Å². The van der Waals surface area contributed by atoms with E-state index in [1.54, 1.807) is 0 Å². The molecule has 0 fully saturated rings. The van der Waals surface area contributed by atoms with E-state index in [1.165, 1.54) is 32.9 Å². The summed E-state index contributed by atoms with van der Waals surface area (Å²) in [6, 6.07) is 13.1. The van der Waals surface area contributed by atoms with Crippen molar-refractivity contribution in [3.63, 3.8) is 0 Å². The van der Waals surface area contributed by atoms with Crippen molar-refractivity contribution in [2.75, 3.05) is 0 Å². The molecule has 102 valence electrons. The normalized spacial score (nSPS) is 9.58. The molecule has 1 nitrogen and oxygen atoms in total. The zero-order chi connectivity index (χ0) is 14.4. The molecule has 0 aliphatic carbocycles. The van der Waals surface area contributed by atoms with Gasteiger partial charge in [-0.1, -0.05) is 52.0 Å². The van der Waals surface area contributed by atoms with E-state index < -0.39 is 0 Å². The molecule has 0 bridgehead atoms. The van der Waals surface area contributed by atoms with Gasteiger partial charge in [0.2, 0.25) is 0 Å². The van der Waals surface area contributed by atoms with E-state index in [-0.39, 0.29) is 0 Å². The fourth-order valence-corrected chi connectivity index (χ4v) is 2.14. The maximum Gasteiger partial charge on any atom is 0.0467 e. The molecule has 0 unspecified atom stereocenters. The summed E-state index contributed by atoms with van der Waals surface area (Å²) in [6.07, 6.45) is 0. The van der Waals surface area contributed by atoms with E-state index in [9.17, 15) is 0 Å². The van der Waals surface area contributed by atoms with Crippen LogP contribution in [0.4, 0.5) is 0 Å². The van der Waals surface area contributed by atoms with Gasteiger partial charge in [-0.05, 0) is 37.1 Å². The van der Waals surface area contributed by atoms with Gasteiger partial charge in [0, 0.05) is 21.8 Å². The summed E-state index contributed by atoms with van der Waals surface area (Å²) in [5, 5.41) is 2.63. The minimum atomic E-state index is 1.23. The van der Waals surface area contributed by atoms with Crippen molar-refractivity contribution < 1.29 is 0 Å². The van der Waals surface area contributed by atoms with E-state index in [0.717, 1.165) is 0 Å². The molecule has 1 heteroatoms. The second-order valence-corrected chi connectivity index (χ2v) is 4.22. The first kappa shape index (κ1) is 15.3. The van der Waals surface area contributed by atoms with E-state index in [1.807, 2.05) is 27.7 Å². The van der Waals surface area contributed by atoms with Crippen molar-refractivity contribution in [2.45, 2.75) is 41.5 Å². The zero-order valence-corrected chi connectivity index (χ0v) is 13.0.